The highest BCUT2D eigenvalue weighted by molar-refractivity contribution is 4.72. The molecule has 0 N–H and O–H groups in total. The van der Waals surface area contributed by atoms with Crippen molar-refractivity contribution in [2.75, 3.05) is 0 Å². The Morgan fingerprint density at radius 3 is 2.11 bits per heavy atom. The molecule has 0 aliphatic heterocycles. The zero-order chi connectivity index (χ0) is 7.28. The molecule has 0 heterocycles. The second-order valence-electron chi connectivity index (χ2n) is 3.11. The van der Waals surface area contributed by atoms with Gasteiger partial charge in [0.15, 0.2) is 0 Å². The highest BCUT2D eigenvalue weighted by atomic mass is 14.1. The summed E-state index contributed by atoms with van der Waals surface area (Å²) in [5.41, 5.74) is 0. The fraction of sp³-hybridized carbons (Fsp3) is 0.889. The number of rotatable bonds is 4. The zero-order valence-electron chi connectivity index (χ0n) is 7.07. The Bertz CT molecular complexity index is 55.1. The molecule has 0 aromatic rings. The summed E-state index contributed by atoms with van der Waals surface area (Å²) in [6.07, 6.45) is 5.81. The molecular weight excluding hydrogens is 108 g/mol. The molecule has 0 aliphatic rings. The Morgan fingerprint density at radius 2 is 1.78 bits per heavy atom. The Balaban J connectivity index is 3.06. The van der Waals surface area contributed by atoms with Gasteiger partial charge in [0, 0.05) is 0 Å². The molecule has 9 heavy (non-hydrogen) atoms. The Morgan fingerprint density at radius 1 is 1.22 bits per heavy atom. The van der Waals surface area contributed by atoms with Gasteiger partial charge in [-0.25, -0.2) is 0 Å². The summed E-state index contributed by atoms with van der Waals surface area (Å²) in [7, 11) is 0. The standard InChI is InChI=1S/C9H18/c1-5-9(4)7-6-8(2)3/h8-9H,5-6H2,1-4H3. The Hall–Kier alpha value is 0. The molecular formula is C9H18. The molecule has 0 saturated heterocycles. The van der Waals surface area contributed by atoms with Gasteiger partial charge in [-0.3, -0.25) is 0 Å². The third-order valence-electron chi connectivity index (χ3n) is 1.49. The predicted molar refractivity (Wildman–Crippen MR) is 42.2 cm³/mol. The van der Waals surface area contributed by atoms with E-state index in [-0.39, 0.29) is 0 Å². The molecule has 0 fully saturated rings. The van der Waals surface area contributed by atoms with Crippen LogP contribution in [0.2, 0.25) is 0 Å². The van der Waals surface area contributed by atoms with Crippen LogP contribution in [0.15, 0.2) is 0 Å². The molecule has 0 bridgehead atoms. The Kier molecular flexibility index (Phi) is 4.84. The van der Waals surface area contributed by atoms with Gasteiger partial charge in [0.2, 0.25) is 0 Å². The molecule has 0 heteroatoms. The van der Waals surface area contributed by atoms with Crippen LogP contribution in [0.5, 0.6) is 0 Å². The van der Waals surface area contributed by atoms with Crippen molar-refractivity contribution in [1.82, 2.24) is 0 Å². The second-order valence-corrected chi connectivity index (χ2v) is 3.11. The summed E-state index contributed by atoms with van der Waals surface area (Å²) < 4.78 is 0. The summed E-state index contributed by atoms with van der Waals surface area (Å²) in [5.74, 6) is 1.46. The molecule has 1 unspecified atom stereocenters. The molecule has 1 atom stereocenters. The van der Waals surface area contributed by atoms with Crippen LogP contribution in [-0.4, -0.2) is 0 Å². The zero-order valence-corrected chi connectivity index (χ0v) is 7.07. The molecule has 0 spiro atoms. The first kappa shape index (κ1) is 9.00. The highest BCUT2D eigenvalue weighted by Crippen LogP contribution is 2.12. The van der Waals surface area contributed by atoms with Gasteiger partial charge in [0.1, 0.15) is 0 Å². The average Bonchev–Trinajstić information content (AvgIpc) is 1.83. The van der Waals surface area contributed by atoms with Gasteiger partial charge >= 0.3 is 0 Å². The van der Waals surface area contributed by atoms with E-state index in [9.17, 15) is 0 Å². The van der Waals surface area contributed by atoms with Crippen LogP contribution in [0.25, 0.3) is 0 Å². The van der Waals surface area contributed by atoms with Crippen LogP contribution >= 0.6 is 0 Å². The van der Waals surface area contributed by atoms with Gasteiger partial charge in [-0.1, -0.05) is 34.1 Å². The van der Waals surface area contributed by atoms with E-state index in [1.54, 1.807) is 0 Å². The lowest BCUT2D eigenvalue weighted by atomic mass is 9.98. The average molecular weight is 126 g/mol. The van der Waals surface area contributed by atoms with Gasteiger partial charge in [-0.15, -0.1) is 0 Å². The molecule has 0 amide bonds. The van der Waals surface area contributed by atoms with Crippen molar-refractivity contribution in [2.24, 2.45) is 11.8 Å². The number of hydrogen-bond acceptors (Lipinski definition) is 0. The molecule has 0 nitrogen and oxygen atoms in total. The summed E-state index contributed by atoms with van der Waals surface area (Å²) in [5, 5.41) is 0. The summed E-state index contributed by atoms with van der Waals surface area (Å²) in [6.45, 7) is 8.89. The predicted octanol–water partition coefficient (Wildman–Crippen LogP) is 3.16. The van der Waals surface area contributed by atoms with Crippen molar-refractivity contribution in [3.63, 3.8) is 0 Å². The van der Waals surface area contributed by atoms with E-state index in [4.69, 9.17) is 0 Å². The fourth-order valence-electron chi connectivity index (χ4n) is 0.581. The quantitative estimate of drug-likeness (QED) is 0.542. The first-order valence-electron chi connectivity index (χ1n) is 3.90. The van der Waals surface area contributed by atoms with Crippen molar-refractivity contribution in [3.05, 3.63) is 6.42 Å². The minimum atomic E-state index is 0.687. The molecule has 0 aliphatic carbocycles. The maximum Gasteiger partial charge on any atom is -0.0140 e. The van der Waals surface area contributed by atoms with Crippen molar-refractivity contribution in [1.29, 1.82) is 0 Å². The molecule has 2 radical (unpaired) electrons. The lowest BCUT2D eigenvalue weighted by molar-refractivity contribution is 0.546. The summed E-state index contributed by atoms with van der Waals surface area (Å²) >= 11 is 0. The van der Waals surface area contributed by atoms with Crippen LogP contribution in [0.1, 0.15) is 40.5 Å². The SMILES string of the molecule is CCC(C)[C]CC(C)C. The summed E-state index contributed by atoms with van der Waals surface area (Å²) in [6, 6.07) is 0. The lowest BCUT2D eigenvalue weighted by Crippen LogP contribution is -1.96. The topological polar surface area (TPSA) is 0 Å². The lowest BCUT2D eigenvalue weighted by Gasteiger charge is -2.08. The Labute approximate surface area is 59.7 Å². The normalized spacial score (nSPS) is 14.3. The van der Waals surface area contributed by atoms with Crippen molar-refractivity contribution in [2.45, 2.75) is 40.5 Å². The van der Waals surface area contributed by atoms with E-state index in [0.717, 1.165) is 12.3 Å². The van der Waals surface area contributed by atoms with Gasteiger partial charge in [0.25, 0.3) is 0 Å². The maximum absolute atomic E-state index is 3.43. The molecule has 54 valence electrons. The van der Waals surface area contributed by atoms with E-state index < -0.39 is 0 Å². The smallest absolute Gasteiger partial charge is 0.0140 e. The second kappa shape index (κ2) is 4.84. The third-order valence-corrected chi connectivity index (χ3v) is 1.49. The molecule has 0 rings (SSSR count). The minimum absolute atomic E-state index is 0.687. The minimum Gasteiger partial charge on any atom is -0.0651 e. The fourth-order valence-corrected chi connectivity index (χ4v) is 0.581. The molecule has 0 aromatic carbocycles. The van der Waals surface area contributed by atoms with Gasteiger partial charge in [-0.05, 0) is 24.7 Å². The van der Waals surface area contributed by atoms with Crippen LogP contribution < -0.4 is 0 Å². The van der Waals surface area contributed by atoms with Crippen LogP contribution in [0.3, 0.4) is 0 Å². The third kappa shape index (κ3) is 5.88. The van der Waals surface area contributed by atoms with Crippen molar-refractivity contribution >= 4 is 0 Å². The van der Waals surface area contributed by atoms with E-state index in [1.807, 2.05) is 0 Å². The van der Waals surface area contributed by atoms with E-state index in [2.05, 4.69) is 34.1 Å². The number of hydrogen-bond donors (Lipinski definition) is 0. The van der Waals surface area contributed by atoms with Crippen LogP contribution in [0.4, 0.5) is 0 Å². The highest BCUT2D eigenvalue weighted by Gasteiger charge is 2.00. The maximum atomic E-state index is 3.43. The van der Waals surface area contributed by atoms with Crippen LogP contribution in [-0.2, 0) is 0 Å². The van der Waals surface area contributed by atoms with E-state index in [0.29, 0.717) is 5.92 Å². The van der Waals surface area contributed by atoms with Crippen LogP contribution in [0, 0.1) is 18.3 Å². The van der Waals surface area contributed by atoms with Crippen molar-refractivity contribution < 1.29 is 0 Å². The first-order chi connectivity index (χ1) is 4.16. The van der Waals surface area contributed by atoms with Gasteiger partial charge in [-0.2, -0.15) is 0 Å². The molecule has 0 saturated carbocycles. The monoisotopic (exact) mass is 126 g/mol. The van der Waals surface area contributed by atoms with E-state index in [1.165, 1.54) is 6.42 Å². The van der Waals surface area contributed by atoms with E-state index >= 15 is 0 Å². The van der Waals surface area contributed by atoms with Gasteiger partial charge in [0.05, 0.1) is 0 Å². The summed E-state index contributed by atoms with van der Waals surface area (Å²) in [4.78, 5) is 0. The van der Waals surface area contributed by atoms with Crippen molar-refractivity contribution in [3.8, 4) is 0 Å². The largest absolute Gasteiger partial charge is 0.0651 e. The first-order valence-corrected chi connectivity index (χ1v) is 3.90. The van der Waals surface area contributed by atoms with Gasteiger partial charge < -0.3 is 0 Å². The molecule has 0 aromatic heterocycles.